The van der Waals surface area contributed by atoms with Crippen LogP contribution in [-0.4, -0.2) is 18.7 Å². The molecule has 1 atom stereocenters. The van der Waals surface area contributed by atoms with Gasteiger partial charge in [-0.25, -0.2) is 0 Å². The molecule has 1 heterocycles. The van der Waals surface area contributed by atoms with Crippen LogP contribution in [0.4, 0.5) is 5.69 Å². The largest absolute Gasteiger partial charge is 0.389 e. The van der Waals surface area contributed by atoms with Gasteiger partial charge in [-0.3, -0.25) is 0 Å². The van der Waals surface area contributed by atoms with Gasteiger partial charge >= 0.3 is 0 Å². The number of benzene rings is 1. The number of aliphatic hydroxyl groups is 1. The second-order valence-electron chi connectivity index (χ2n) is 4.63. The second kappa shape index (κ2) is 6.55. The van der Waals surface area contributed by atoms with E-state index in [9.17, 15) is 5.11 Å². The van der Waals surface area contributed by atoms with Crippen LogP contribution in [0.25, 0.3) is 0 Å². The lowest BCUT2D eigenvalue weighted by atomic mass is 10.1. The number of hydrogen-bond acceptors (Lipinski definition) is 3. The molecule has 0 fully saturated rings. The predicted molar refractivity (Wildman–Crippen MR) is 86.1 cm³/mol. The van der Waals surface area contributed by atoms with Gasteiger partial charge < -0.3 is 10.0 Å². The number of aliphatic hydroxyl groups excluding tert-OH is 1. The minimum atomic E-state index is -0.452. The van der Waals surface area contributed by atoms with E-state index in [-0.39, 0.29) is 0 Å². The van der Waals surface area contributed by atoms with Crippen LogP contribution in [0.2, 0.25) is 0 Å². The summed E-state index contributed by atoms with van der Waals surface area (Å²) in [5.74, 6) is 0. The lowest BCUT2D eigenvalue weighted by Gasteiger charge is -2.23. The Bertz CT molecular complexity index is 525. The fourth-order valence-corrected chi connectivity index (χ4v) is 3.10. The zero-order chi connectivity index (χ0) is 13.8. The van der Waals surface area contributed by atoms with Crippen molar-refractivity contribution in [1.29, 1.82) is 0 Å². The van der Waals surface area contributed by atoms with Crippen molar-refractivity contribution in [3.63, 3.8) is 0 Å². The molecule has 4 heteroatoms. The molecule has 0 radical (unpaired) electrons. The predicted octanol–water partition coefficient (Wildman–Crippen LogP) is 4.24. The highest BCUT2D eigenvalue weighted by Crippen LogP contribution is 2.29. The normalized spacial score (nSPS) is 12.4. The average molecular weight is 340 g/mol. The van der Waals surface area contributed by atoms with Crippen LogP contribution in [0.3, 0.4) is 0 Å². The molecule has 1 unspecified atom stereocenters. The Morgan fingerprint density at radius 2 is 2.16 bits per heavy atom. The van der Waals surface area contributed by atoms with Crippen LogP contribution in [0.5, 0.6) is 0 Å². The highest BCUT2D eigenvalue weighted by atomic mass is 79.9. The van der Waals surface area contributed by atoms with Crippen LogP contribution >= 0.6 is 27.3 Å². The summed E-state index contributed by atoms with van der Waals surface area (Å²) in [6.07, 6.45) is 0.576. The zero-order valence-electron chi connectivity index (χ0n) is 11.1. The van der Waals surface area contributed by atoms with Crippen molar-refractivity contribution in [3.8, 4) is 0 Å². The molecule has 0 aliphatic heterocycles. The maximum absolute atomic E-state index is 9.86. The lowest BCUT2D eigenvalue weighted by molar-refractivity contribution is 0.199. The van der Waals surface area contributed by atoms with Gasteiger partial charge in [0, 0.05) is 34.2 Å². The molecule has 0 aliphatic carbocycles. The molecule has 1 N–H and O–H groups in total. The van der Waals surface area contributed by atoms with Gasteiger partial charge in [-0.1, -0.05) is 28.1 Å². The van der Waals surface area contributed by atoms with E-state index in [1.165, 1.54) is 4.88 Å². The molecule has 0 bridgehead atoms. The summed E-state index contributed by atoms with van der Waals surface area (Å²) in [7, 11) is 2.07. The first-order valence-electron chi connectivity index (χ1n) is 6.29. The number of thiophene rings is 1. The van der Waals surface area contributed by atoms with Crippen molar-refractivity contribution in [3.05, 3.63) is 50.6 Å². The van der Waals surface area contributed by atoms with Crippen LogP contribution in [-0.2, 0) is 6.42 Å². The van der Waals surface area contributed by atoms with E-state index in [1.807, 2.05) is 12.1 Å². The van der Waals surface area contributed by atoms with Crippen molar-refractivity contribution < 1.29 is 5.11 Å². The minimum Gasteiger partial charge on any atom is -0.389 e. The average Bonchev–Trinajstić information content (AvgIpc) is 2.88. The van der Waals surface area contributed by atoms with Gasteiger partial charge in [0.15, 0.2) is 0 Å². The third kappa shape index (κ3) is 3.81. The van der Waals surface area contributed by atoms with Gasteiger partial charge in [-0.05, 0) is 36.9 Å². The Hall–Kier alpha value is -0.840. The van der Waals surface area contributed by atoms with Gasteiger partial charge in [0.1, 0.15) is 0 Å². The molecule has 2 aromatic rings. The Balaban J connectivity index is 2.13. The summed E-state index contributed by atoms with van der Waals surface area (Å²) < 4.78 is 1.04. The molecule has 0 amide bonds. The zero-order valence-corrected chi connectivity index (χ0v) is 13.5. The fourth-order valence-electron chi connectivity index (χ4n) is 2.05. The highest BCUT2D eigenvalue weighted by Gasteiger charge is 2.12. The van der Waals surface area contributed by atoms with Crippen LogP contribution in [0.15, 0.2) is 40.2 Å². The van der Waals surface area contributed by atoms with Gasteiger partial charge in [-0.2, -0.15) is 0 Å². The van der Waals surface area contributed by atoms with Gasteiger partial charge in [0.2, 0.25) is 0 Å². The quantitative estimate of drug-likeness (QED) is 0.880. The minimum absolute atomic E-state index is 0.452. The standard InChI is InChI=1S/C15H18BrNOS/c1-11(18)14-6-5-12(16)10-15(14)17(2)8-7-13-4-3-9-19-13/h3-6,9-11,18H,7-8H2,1-2H3. The first-order valence-corrected chi connectivity index (χ1v) is 7.96. The molecule has 2 nitrogen and oxygen atoms in total. The summed E-state index contributed by atoms with van der Waals surface area (Å²) in [5, 5.41) is 12.0. The van der Waals surface area contributed by atoms with E-state index in [0.29, 0.717) is 0 Å². The SMILES string of the molecule is CC(O)c1ccc(Br)cc1N(C)CCc1cccs1. The molecule has 0 saturated heterocycles. The van der Waals surface area contributed by atoms with Crippen molar-refractivity contribution in [2.75, 3.05) is 18.5 Å². The maximum Gasteiger partial charge on any atom is 0.0782 e. The van der Waals surface area contributed by atoms with Crippen molar-refractivity contribution in [1.82, 2.24) is 0 Å². The summed E-state index contributed by atoms with van der Waals surface area (Å²) in [6.45, 7) is 2.75. The first kappa shape index (κ1) is 14.6. The molecule has 102 valence electrons. The number of hydrogen-bond donors (Lipinski definition) is 1. The molecule has 2 rings (SSSR count). The smallest absolute Gasteiger partial charge is 0.0782 e. The first-order chi connectivity index (χ1) is 9.08. The van der Waals surface area contributed by atoms with Crippen LogP contribution in [0.1, 0.15) is 23.5 Å². The van der Waals surface area contributed by atoms with Gasteiger partial charge in [0.25, 0.3) is 0 Å². The highest BCUT2D eigenvalue weighted by molar-refractivity contribution is 9.10. The van der Waals surface area contributed by atoms with E-state index in [2.05, 4.69) is 51.5 Å². The molecule has 0 saturated carbocycles. The molecule has 1 aromatic heterocycles. The van der Waals surface area contributed by atoms with E-state index in [0.717, 1.165) is 28.7 Å². The second-order valence-corrected chi connectivity index (χ2v) is 6.58. The van der Waals surface area contributed by atoms with E-state index < -0.39 is 6.10 Å². The summed E-state index contributed by atoms with van der Waals surface area (Å²) in [5.41, 5.74) is 2.05. The van der Waals surface area contributed by atoms with E-state index in [1.54, 1.807) is 18.3 Å². The third-order valence-corrected chi connectivity index (χ3v) is 4.56. The summed E-state index contributed by atoms with van der Waals surface area (Å²) in [4.78, 5) is 3.59. The number of nitrogens with zero attached hydrogens (tertiary/aromatic N) is 1. The molecule has 1 aromatic carbocycles. The van der Waals surface area contributed by atoms with Crippen molar-refractivity contribution in [2.24, 2.45) is 0 Å². The maximum atomic E-state index is 9.86. The van der Waals surface area contributed by atoms with Crippen LogP contribution < -0.4 is 4.90 Å². The number of anilines is 1. The summed E-state index contributed by atoms with van der Waals surface area (Å²) >= 11 is 5.29. The van der Waals surface area contributed by atoms with Gasteiger partial charge in [0.05, 0.1) is 6.10 Å². The number of halogens is 1. The van der Waals surface area contributed by atoms with E-state index >= 15 is 0 Å². The lowest BCUT2D eigenvalue weighted by Crippen LogP contribution is -2.21. The Morgan fingerprint density at radius 1 is 1.37 bits per heavy atom. The summed E-state index contributed by atoms with van der Waals surface area (Å²) in [6, 6.07) is 10.3. The Labute approximate surface area is 126 Å². The number of rotatable bonds is 5. The Morgan fingerprint density at radius 3 is 2.79 bits per heavy atom. The fraction of sp³-hybridized carbons (Fsp3) is 0.333. The molecular weight excluding hydrogens is 322 g/mol. The third-order valence-electron chi connectivity index (χ3n) is 3.13. The monoisotopic (exact) mass is 339 g/mol. The van der Waals surface area contributed by atoms with Crippen molar-refractivity contribution in [2.45, 2.75) is 19.4 Å². The topological polar surface area (TPSA) is 23.5 Å². The van der Waals surface area contributed by atoms with Crippen molar-refractivity contribution >= 4 is 33.0 Å². The number of likely N-dealkylation sites (N-methyl/N-ethyl adjacent to an activating group) is 1. The Kier molecular flexibility index (Phi) is 5.02. The molecular formula is C15H18BrNOS. The molecule has 19 heavy (non-hydrogen) atoms. The molecule has 0 aliphatic rings. The van der Waals surface area contributed by atoms with Gasteiger partial charge in [-0.15, -0.1) is 11.3 Å². The van der Waals surface area contributed by atoms with Crippen LogP contribution in [0, 0.1) is 0 Å². The molecule has 0 spiro atoms. The van der Waals surface area contributed by atoms with E-state index in [4.69, 9.17) is 0 Å².